The van der Waals surface area contributed by atoms with E-state index in [9.17, 15) is 4.79 Å². The Bertz CT molecular complexity index is 843. The van der Waals surface area contributed by atoms with Crippen LogP contribution in [-0.4, -0.2) is 15.9 Å². The molecule has 0 amide bonds. The molecule has 0 saturated carbocycles. The maximum Gasteiger partial charge on any atom is 0.264 e. The molecule has 0 N–H and O–H groups in total. The molecule has 0 saturated heterocycles. The zero-order chi connectivity index (χ0) is 16.9. The summed E-state index contributed by atoms with van der Waals surface area (Å²) in [5.74, 6) is 1.55. The Labute approximate surface area is 144 Å². The SMILES string of the molecule is CCC(=O)c1ccc(OCc2nc(-c3cccc(Cl)c3)no2)cc1. The molecule has 1 heterocycles. The lowest BCUT2D eigenvalue weighted by Crippen LogP contribution is -1.98. The standard InChI is InChI=1S/C18H15ClN2O3/c1-2-16(22)12-6-8-15(9-7-12)23-11-17-20-18(21-24-17)13-4-3-5-14(19)10-13/h3-10H,2,11H2,1H3. The zero-order valence-electron chi connectivity index (χ0n) is 13.0. The van der Waals surface area contributed by atoms with Gasteiger partial charge < -0.3 is 9.26 Å². The van der Waals surface area contributed by atoms with Crippen LogP contribution in [0.2, 0.25) is 5.02 Å². The van der Waals surface area contributed by atoms with Crippen molar-refractivity contribution in [2.45, 2.75) is 20.0 Å². The van der Waals surface area contributed by atoms with Crippen LogP contribution >= 0.6 is 11.6 Å². The van der Waals surface area contributed by atoms with Crippen molar-refractivity contribution < 1.29 is 14.1 Å². The Morgan fingerprint density at radius 2 is 2.00 bits per heavy atom. The molecule has 122 valence electrons. The van der Waals surface area contributed by atoms with Gasteiger partial charge in [0.1, 0.15) is 5.75 Å². The molecule has 0 spiro atoms. The molecule has 5 nitrogen and oxygen atoms in total. The summed E-state index contributed by atoms with van der Waals surface area (Å²) in [6.07, 6.45) is 0.481. The minimum Gasteiger partial charge on any atom is -0.484 e. The number of ketones is 1. The van der Waals surface area contributed by atoms with E-state index in [1.165, 1.54) is 0 Å². The van der Waals surface area contributed by atoms with Gasteiger partial charge in [0.2, 0.25) is 5.82 Å². The Balaban J connectivity index is 1.64. The predicted molar refractivity (Wildman–Crippen MR) is 90.1 cm³/mol. The van der Waals surface area contributed by atoms with E-state index in [1.807, 2.05) is 19.1 Å². The molecule has 0 radical (unpaired) electrons. The highest BCUT2D eigenvalue weighted by atomic mass is 35.5. The van der Waals surface area contributed by atoms with Gasteiger partial charge >= 0.3 is 0 Å². The summed E-state index contributed by atoms with van der Waals surface area (Å²) in [6, 6.07) is 14.2. The van der Waals surface area contributed by atoms with Crippen molar-refractivity contribution in [3.05, 3.63) is 65.0 Å². The quantitative estimate of drug-likeness (QED) is 0.614. The van der Waals surface area contributed by atoms with E-state index in [0.717, 1.165) is 5.56 Å². The van der Waals surface area contributed by atoms with Crippen molar-refractivity contribution in [3.63, 3.8) is 0 Å². The zero-order valence-corrected chi connectivity index (χ0v) is 13.8. The minimum atomic E-state index is 0.101. The third-order valence-electron chi connectivity index (χ3n) is 3.41. The summed E-state index contributed by atoms with van der Waals surface area (Å²) in [5.41, 5.74) is 1.45. The minimum absolute atomic E-state index is 0.101. The summed E-state index contributed by atoms with van der Waals surface area (Å²) < 4.78 is 10.8. The van der Waals surface area contributed by atoms with Crippen LogP contribution < -0.4 is 4.74 Å². The summed E-state index contributed by atoms with van der Waals surface area (Å²) in [4.78, 5) is 15.9. The average molecular weight is 343 g/mol. The maximum atomic E-state index is 11.6. The fourth-order valence-electron chi connectivity index (χ4n) is 2.14. The molecular weight excluding hydrogens is 328 g/mol. The largest absolute Gasteiger partial charge is 0.484 e. The first-order valence-corrected chi connectivity index (χ1v) is 7.88. The molecule has 24 heavy (non-hydrogen) atoms. The van der Waals surface area contributed by atoms with Gasteiger partial charge in [-0.3, -0.25) is 4.79 Å². The van der Waals surface area contributed by atoms with E-state index in [4.69, 9.17) is 20.9 Å². The lowest BCUT2D eigenvalue weighted by atomic mass is 10.1. The van der Waals surface area contributed by atoms with Crippen LogP contribution in [0.1, 0.15) is 29.6 Å². The van der Waals surface area contributed by atoms with E-state index in [-0.39, 0.29) is 12.4 Å². The first-order chi connectivity index (χ1) is 11.7. The topological polar surface area (TPSA) is 65.2 Å². The van der Waals surface area contributed by atoms with Gasteiger partial charge in [0.05, 0.1) is 0 Å². The van der Waals surface area contributed by atoms with E-state index in [1.54, 1.807) is 36.4 Å². The number of aromatic nitrogens is 2. The maximum absolute atomic E-state index is 11.6. The first kappa shape index (κ1) is 16.2. The lowest BCUT2D eigenvalue weighted by molar-refractivity contribution is 0.0988. The molecule has 0 aliphatic heterocycles. The summed E-state index contributed by atoms with van der Waals surface area (Å²) >= 11 is 5.95. The molecule has 0 fully saturated rings. The molecule has 0 aliphatic carbocycles. The monoisotopic (exact) mass is 342 g/mol. The predicted octanol–water partition coefficient (Wildman–Crippen LogP) is 4.56. The van der Waals surface area contributed by atoms with E-state index < -0.39 is 0 Å². The second-order valence-corrected chi connectivity index (χ2v) is 5.55. The number of carbonyl (C=O) groups excluding carboxylic acids is 1. The van der Waals surface area contributed by atoms with Gasteiger partial charge in [-0.25, -0.2) is 0 Å². The number of hydrogen-bond donors (Lipinski definition) is 0. The van der Waals surface area contributed by atoms with Crippen molar-refractivity contribution in [2.75, 3.05) is 0 Å². The second kappa shape index (κ2) is 7.27. The van der Waals surface area contributed by atoms with Crippen LogP contribution in [0.15, 0.2) is 53.1 Å². The van der Waals surface area contributed by atoms with Crippen molar-refractivity contribution in [1.82, 2.24) is 10.1 Å². The van der Waals surface area contributed by atoms with Crippen molar-refractivity contribution in [3.8, 4) is 17.1 Å². The number of nitrogens with zero attached hydrogens (tertiary/aromatic N) is 2. The van der Waals surface area contributed by atoms with Gasteiger partial charge in [0.15, 0.2) is 12.4 Å². The normalized spacial score (nSPS) is 10.6. The second-order valence-electron chi connectivity index (χ2n) is 5.11. The molecule has 1 aromatic heterocycles. The number of rotatable bonds is 6. The van der Waals surface area contributed by atoms with Crippen LogP contribution in [0.5, 0.6) is 5.75 Å². The van der Waals surface area contributed by atoms with Gasteiger partial charge in [-0.1, -0.05) is 35.8 Å². The van der Waals surface area contributed by atoms with Crippen LogP contribution in [0, 0.1) is 0 Å². The Morgan fingerprint density at radius 1 is 1.21 bits per heavy atom. The molecule has 0 unspecified atom stereocenters. The Hall–Kier alpha value is -2.66. The van der Waals surface area contributed by atoms with Crippen LogP contribution in [0.25, 0.3) is 11.4 Å². The molecule has 0 atom stereocenters. The van der Waals surface area contributed by atoms with Gasteiger partial charge in [-0.2, -0.15) is 4.98 Å². The van der Waals surface area contributed by atoms with Crippen molar-refractivity contribution in [2.24, 2.45) is 0 Å². The third-order valence-corrected chi connectivity index (χ3v) is 3.65. The Kier molecular flexibility index (Phi) is 4.91. The number of ether oxygens (including phenoxy) is 1. The highest BCUT2D eigenvalue weighted by molar-refractivity contribution is 6.30. The average Bonchev–Trinajstić information content (AvgIpc) is 3.09. The molecule has 2 aromatic carbocycles. The van der Waals surface area contributed by atoms with Crippen LogP contribution in [0.3, 0.4) is 0 Å². The number of hydrogen-bond acceptors (Lipinski definition) is 5. The molecule has 3 aromatic rings. The van der Waals surface area contributed by atoms with Gasteiger partial charge in [-0.15, -0.1) is 0 Å². The van der Waals surface area contributed by atoms with E-state index in [2.05, 4.69) is 10.1 Å². The first-order valence-electron chi connectivity index (χ1n) is 7.50. The number of benzene rings is 2. The summed E-state index contributed by atoms with van der Waals surface area (Å²) in [7, 11) is 0. The molecule has 6 heteroatoms. The molecule has 3 rings (SSSR count). The highest BCUT2D eigenvalue weighted by Gasteiger charge is 2.10. The van der Waals surface area contributed by atoms with Gasteiger partial charge in [-0.05, 0) is 36.4 Å². The van der Waals surface area contributed by atoms with Crippen LogP contribution in [0.4, 0.5) is 0 Å². The van der Waals surface area contributed by atoms with E-state index in [0.29, 0.717) is 34.5 Å². The summed E-state index contributed by atoms with van der Waals surface area (Å²) in [6.45, 7) is 1.98. The van der Waals surface area contributed by atoms with Crippen LogP contribution in [-0.2, 0) is 6.61 Å². The smallest absolute Gasteiger partial charge is 0.264 e. The number of halogens is 1. The van der Waals surface area contributed by atoms with Gasteiger partial charge in [0, 0.05) is 22.6 Å². The molecule has 0 aliphatic rings. The fourth-order valence-corrected chi connectivity index (χ4v) is 2.33. The fraction of sp³-hybridized carbons (Fsp3) is 0.167. The van der Waals surface area contributed by atoms with Gasteiger partial charge in [0.25, 0.3) is 5.89 Å². The highest BCUT2D eigenvalue weighted by Crippen LogP contribution is 2.20. The van der Waals surface area contributed by atoms with E-state index >= 15 is 0 Å². The number of Topliss-reactive ketones (excluding diaryl/α,β-unsaturated/α-hetero) is 1. The molecule has 0 bridgehead atoms. The summed E-state index contributed by atoms with van der Waals surface area (Å²) in [5, 5.41) is 4.53. The Morgan fingerprint density at radius 3 is 2.71 bits per heavy atom. The van der Waals surface area contributed by atoms with Crippen molar-refractivity contribution >= 4 is 17.4 Å². The number of carbonyl (C=O) groups is 1. The van der Waals surface area contributed by atoms with Crippen molar-refractivity contribution in [1.29, 1.82) is 0 Å². The lowest BCUT2D eigenvalue weighted by Gasteiger charge is -2.04. The molecular formula is C18H15ClN2O3. The third kappa shape index (κ3) is 3.81.